The Morgan fingerprint density at radius 2 is 2.07 bits per heavy atom. The number of aromatic nitrogens is 1. The highest BCUT2D eigenvalue weighted by atomic mass is 32.1. The second-order valence-electron chi connectivity index (χ2n) is 3.10. The molecule has 76 valence electrons. The molecule has 1 nitrogen and oxygen atoms in total. The summed E-state index contributed by atoms with van der Waals surface area (Å²) in [5.74, 6) is 0. The summed E-state index contributed by atoms with van der Waals surface area (Å²) < 4.78 is 13.2. The quantitative estimate of drug-likeness (QED) is 0.711. The predicted molar refractivity (Wildman–Crippen MR) is 61.6 cm³/mol. The van der Waals surface area contributed by atoms with Gasteiger partial charge in [0.25, 0.3) is 0 Å². The van der Waals surface area contributed by atoms with E-state index >= 15 is 0 Å². The zero-order valence-electron chi connectivity index (χ0n) is 8.06. The molecule has 0 aliphatic heterocycles. The topological polar surface area (TPSA) is 12.9 Å². The van der Waals surface area contributed by atoms with Crippen LogP contribution >= 0.6 is 11.3 Å². The molecule has 0 aliphatic rings. The zero-order chi connectivity index (χ0) is 10.7. The minimum Gasteiger partial charge on any atom is -0.245 e. The van der Waals surface area contributed by atoms with Gasteiger partial charge in [0.05, 0.1) is 0 Å². The molecule has 0 radical (unpaired) electrons. The molecule has 1 atom stereocenters. The predicted octanol–water partition coefficient (Wildman–Crippen LogP) is 4.01. The van der Waals surface area contributed by atoms with E-state index in [1.54, 1.807) is 29.7 Å². The Kier molecular flexibility index (Phi) is 2.92. The summed E-state index contributed by atoms with van der Waals surface area (Å²) >= 11 is 1.57. The maximum atomic E-state index is 13.2. The van der Waals surface area contributed by atoms with Crippen molar-refractivity contribution in [1.29, 1.82) is 0 Å². The van der Waals surface area contributed by atoms with Gasteiger partial charge in [0, 0.05) is 17.1 Å². The minimum atomic E-state index is -1.09. The molecule has 1 aromatic carbocycles. The standard InChI is InChI=1S/C12H10FNS/c1-2-11(13)9-3-5-10(6-4-9)12-14-7-8-15-12/h2-8,11H,1H2. The Morgan fingerprint density at radius 1 is 1.33 bits per heavy atom. The van der Waals surface area contributed by atoms with Crippen LogP contribution in [0.3, 0.4) is 0 Å². The first kappa shape index (κ1) is 10.1. The Balaban J connectivity index is 2.28. The monoisotopic (exact) mass is 219 g/mol. The summed E-state index contributed by atoms with van der Waals surface area (Å²) in [7, 11) is 0. The van der Waals surface area contributed by atoms with Crippen molar-refractivity contribution in [3.05, 3.63) is 54.1 Å². The van der Waals surface area contributed by atoms with Crippen LogP contribution in [-0.2, 0) is 0 Å². The number of halogens is 1. The molecule has 0 aliphatic carbocycles. The lowest BCUT2D eigenvalue weighted by Gasteiger charge is -2.03. The lowest BCUT2D eigenvalue weighted by Crippen LogP contribution is -1.86. The van der Waals surface area contributed by atoms with E-state index in [0.717, 1.165) is 10.6 Å². The van der Waals surface area contributed by atoms with Crippen molar-refractivity contribution in [3.8, 4) is 10.6 Å². The van der Waals surface area contributed by atoms with Crippen molar-refractivity contribution in [1.82, 2.24) is 4.98 Å². The molecule has 15 heavy (non-hydrogen) atoms. The van der Waals surface area contributed by atoms with Gasteiger partial charge >= 0.3 is 0 Å². The Bertz CT molecular complexity index is 433. The number of allylic oxidation sites excluding steroid dienone is 1. The second-order valence-corrected chi connectivity index (χ2v) is 3.99. The van der Waals surface area contributed by atoms with Crippen LogP contribution in [-0.4, -0.2) is 4.98 Å². The van der Waals surface area contributed by atoms with Crippen molar-refractivity contribution in [2.45, 2.75) is 6.17 Å². The van der Waals surface area contributed by atoms with E-state index in [4.69, 9.17) is 0 Å². The molecule has 0 spiro atoms. The van der Waals surface area contributed by atoms with Crippen LogP contribution < -0.4 is 0 Å². The van der Waals surface area contributed by atoms with Crippen LogP contribution in [0.15, 0.2) is 48.5 Å². The number of hydrogen-bond acceptors (Lipinski definition) is 2. The highest BCUT2D eigenvalue weighted by molar-refractivity contribution is 7.13. The maximum Gasteiger partial charge on any atom is 0.143 e. The fourth-order valence-electron chi connectivity index (χ4n) is 1.31. The van der Waals surface area contributed by atoms with Gasteiger partial charge in [0.2, 0.25) is 0 Å². The van der Waals surface area contributed by atoms with Crippen LogP contribution in [0.1, 0.15) is 11.7 Å². The first-order valence-corrected chi connectivity index (χ1v) is 5.45. The molecule has 2 aromatic rings. The normalized spacial score (nSPS) is 12.3. The van der Waals surface area contributed by atoms with E-state index in [2.05, 4.69) is 11.6 Å². The van der Waals surface area contributed by atoms with Gasteiger partial charge in [0.15, 0.2) is 0 Å². The lowest BCUT2D eigenvalue weighted by molar-refractivity contribution is 0.415. The summed E-state index contributed by atoms with van der Waals surface area (Å²) in [4.78, 5) is 4.19. The van der Waals surface area contributed by atoms with Crippen molar-refractivity contribution in [3.63, 3.8) is 0 Å². The third kappa shape index (κ3) is 2.13. The fraction of sp³-hybridized carbons (Fsp3) is 0.0833. The van der Waals surface area contributed by atoms with Crippen LogP contribution in [0.5, 0.6) is 0 Å². The van der Waals surface area contributed by atoms with Crippen LogP contribution in [0.4, 0.5) is 4.39 Å². The SMILES string of the molecule is C=CC(F)c1ccc(-c2nccs2)cc1. The average molecular weight is 219 g/mol. The highest BCUT2D eigenvalue weighted by Crippen LogP contribution is 2.25. The lowest BCUT2D eigenvalue weighted by atomic mass is 10.1. The average Bonchev–Trinajstić information content (AvgIpc) is 2.82. The Morgan fingerprint density at radius 3 is 2.60 bits per heavy atom. The van der Waals surface area contributed by atoms with Crippen molar-refractivity contribution in [2.75, 3.05) is 0 Å². The summed E-state index contributed by atoms with van der Waals surface area (Å²) in [6.07, 6.45) is 1.96. The Labute approximate surface area is 91.9 Å². The van der Waals surface area contributed by atoms with Crippen LogP contribution in [0.2, 0.25) is 0 Å². The summed E-state index contributed by atoms with van der Waals surface area (Å²) in [5.41, 5.74) is 1.65. The zero-order valence-corrected chi connectivity index (χ0v) is 8.88. The van der Waals surface area contributed by atoms with E-state index in [0.29, 0.717) is 5.56 Å². The number of rotatable bonds is 3. The second kappa shape index (κ2) is 4.36. The van der Waals surface area contributed by atoms with E-state index in [1.165, 1.54) is 6.08 Å². The van der Waals surface area contributed by atoms with Crippen molar-refractivity contribution in [2.24, 2.45) is 0 Å². The van der Waals surface area contributed by atoms with Gasteiger partial charge < -0.3 is 0 Å². The molecular weight excluding hydrogens is 209 g/mol. The number of hydrogen-bond donors (Lipinski definition) is 0. The third-order valence-corrected chi connectivity index (χ3v) is 2.94. The van der Waals surface area contributed by atoms with E-state index in [1.807, 2.05) is 17.5 Å². The molecule has 3 heteroatoms. The fourth-order valence-corrected chi connectivity index (χ4v) is 1.96. The van der Waals surface area contributed by atoms with Gasteiger partial charge in [-0.05, 0) is 5.56 Å². The van der Waals surface area contributed by atoms with Crippen LogP contribution in [0, 0.1) is 0 Å². The Hall–Kier alpha value is -1.48. The van der Waals surface area contributed by atoms with Gasteiger partial charge in [0.1, 0.15) is 11.2 Å². The maximum absolute atomic E-state index is 13.2. The summed E-state index contributed by atoms with van der Waals surface area (Å²) in [6, 6.07) is 7.29. The minimum absolute atomic E-state index is 0.630. The number of thiazole rings is 1. The first-order valence-electron chi connectivity index (χ1n) is 4.57. The molecule has 0 N–H and O–H groups in total. The van der Waals surface area contributed by atoms with Gasteiger partial charge in [-0.25, -0.2) is 9.37 Å². The molecule has 1 heterocycles. The van der Waals surface area contributed by atoms with E-state index in [-0.39, 0.29) is 0 Å². The molecule has 1 unspecified atom stereocenters. The van der Waals surface area contributed by atoms with Crippen molar-refractivity contribution >= 4 is 11.3 Å². The molecule has 2 rings (SSSR count). The first-order chi connectivity index (χ1) is 7.31. The van der Waals surface area contributed by atoms with Gasteiger partial charge in [-0.15, -0.1) is 11.3 Å². The summed E-state index contributed by atoms with van der Waals surface area (Å²) in [6.45, 7) is 3.42. The summed E-state index contributed by atoms with van der Waals surface area (Å²) in [5, 5.41) is 2.88. The molecule has 0 fully saturated rings. The van der Waals surface area contributed by atoms with Gasteiger partial charge in [-0.3, -0.25) is 0 Å². The molecule has 0 saturated heterocycles. The van der Waals surface area contributed by atoms with Gasteiger partial charge in [-0.2, -0.15) is 0 Å². The number of benzene rings is 1. The van der Waals surface area contributed by atoms with Gasteiger partial charge in [-0.1, -0.05) is 36.9 Å². The molecule has 0 amide bonds. The highest BCUT2D eigenvalue weighted by Gasteiger charge is 2.05. The van der Waals surface area contributed by atoms with E-state index < -0.39 is 6.17 Å². The molecule has 0 bridgehead atoms. The smallest absolute Gasteiger partial charge is 0.143 e. The van der Waals surface area contributed by atoms with E-state index in [9.17, 15) is 4.39 Å². The third-order valence-electron chi connectivity index (χ3n) is 2.12. The van der Waals surface area contributed by atoms with Crippen molar-refractivity contribution < 1.29 is 4.39 Å². The molecule has 1 aromatic heterocycles. The molecule has 0 saturated carbocycles. The van der Waals surface area contributed by atoms with Crippen LogP contribution in [0.25, 0.3) is 10.6 Å². The largest absolute Gasteiger partial charge is 0.245 e. The molecular formula is C12H10FNS. The number of nitrogens with zero attached hydrogens (tertiary/aromatic N) is 1. The number of alkyl halides is 1.